The number of anilines is 2. The van der Waals surface area contributed by atoms with Crippen LogP contribution in [0.15, 0.2) is 24.5 Å². The van der Waals surface area contributed by atoms with Crippen LogP contribution in [0.4, 0.5) is 10.7 Å². The van der Waals surface area contributed by atoms with Crippen molar-refractivity contribution in [1.82, 2.24) is 9.97 Å². The van der Waals surface area contributed by atoms with Gasteiger partial charge in [0.25, 0.3) is 0 Å². The van der Waals surface area contributed by atoms with Crippen molar-refractivity contribution in [3.63, 3.8) is 0 Å². The Bertz CT molecular complexity index is 540. The van der Waals surface area contributed by atoms with E-state index in [1.165, 1.54) is 11.3 Å². The highest BCUT2D eigenvalue weighted by molar-refractivity contribution is 7.16. The highest BCUT2D eigenvalue weighted by Crippen LogP contribution is 2.28. The number of rotatable bonds is 5. The first kappa shape index (κ1) is 12.5. The Kier molecular flexibility index (Phi) is 3.88. The van der Waals surface area contributed by atoms with Crippen LogP contribution in [0.25, 0.3) is 0 Å². The second-order valence-electron chi connectivity index (χ2n) is 3.71. The lowest BCUT2D eigenvalue weighted by molar-refractivity contribution is 0.0692. The van der Waals surface area contributed by atoms with Crippen LogP contribution in [0.2, 0.25) is 0 Å². The first-order chi connectivity index (χ1) is 8.70. The molecule has 2 aromatic heterocycles. The number of hydrogen-bond donors (Lipinski definition) is 2. The van der Waals surface area contributed by atoms with Gasteiger partial charge in [-0.15, -0.1) is 11.3 Å². The molecule has 5 nitrogen and oxygen atoms in total. The normalized spacial score (nSPS) is 10.3. The monoisotopic (exact) mass is 263 g/mol. The lowest BCUT2D eigenvalue weighted by Crippen LogP contribution is -2.01. The van der Waals surface area contributed by atoms with E-state index >= 15 is 0 Å². The summed E-state index contributed by atoms with van der Waals surface area (Å²) in [6, 6.07) is 3.62. The quantitative estimate of drug-likeness (QED) is 0.867. The van der Waals surface area contributed by atoms with E-state index in [9.17, 15) is 4.79 Å². The minimum Gasteiger partial charge on any atom is -0.476 e. The van der Waals surface area contributed by atoms with Crippen molar-refractivity contribution in [3.8, 4) is 0 Å². The molecule has 0 unspecified atom stereocenters. The summed E-state index contributed by atoms with van der Waals surface area (Å²) in [6.45, 7) is 2.04. The van der Waals surface area contributed by atoms with Crippen molar-refractivity contribution in [1.29, 1.82) is 0 Å². The lowest BCUT2D eigenvalue weighted by Gasteiger charge is -2.02. The van der Waals surface area contributed by atoms with Gasteiger partial charge in [0.15, 0.2) is 5.69 Å². The maximum absolute atomic E-state index is 11.1. The van der Waals surface area contributed by atoms with Gasteiger partial charge in [-0.2, -0.15) is 0 Å². The van der Waals surface area contributed by atoms with E-state index in [1.54, 1.807) is 18.5 Å². The Labute approximate surface area is 109 Å². The molecule has 2 heterocycles. The molecule has 6 heteroatoms. The third kappa shape index (κ3) is 2.84. The number of hydrogen-bond acceptors (Lipinski definition) is 5. The topological polar surface area (TPSA) is 75.1 Å². The summed E-state index contributed by atoms with van der Waals surface area (Å²) in [5.74, 6) is -1.01. The predicted octanol–water partition coefficient (Wildman–Crippen LogP) is 2.93. The number of nitrogens with zero attached hydrogens (tertiary/aromatic N) is 2. The van der Waals surface area contributed by atoms with Gasteiger partial charge in [-0.05, 0) is 25.0 Å². The number of thiazole rings is 1. The van der Waals surface area contributed by atoms with Gasteiger partial charge in [-0.1, -0.05) is 6.92 Å². The van der Waals surface area contributed by atoms with Crippen LogP contribution in [-0.2, 0) is 6.42 Å². The lowest BCUT2D eigenvalue weighted by atomic mass is 10.3. The third-order valence-corrected chi connectivity index (χ3v) is 3.29. The van der Waals surface area contributed by atoms with Crippen molar-refractivity contribution in [2.45, 2.75) is 19.8 Å². The van der Waals surface area contributed by atoms with Crippen LogP contribution in [-0.4, -0.2) is 21.0 Å². The molecule has 2 rings (SSSR count). The van der Waals surface area contributed by atoms with Crippen molar-refractivity contribution in [2.75, 3.05) is 5.32 Å². The van der Waals surface area contributed by atoms with Crippen molar-refractivity contribution < 1.29 is 9.90 Å². The van der Waals surface area contributed by atoms with E-state index in [-0.39, 0.29) is 5.69 Å². The second kappa shape index (κ2) is 5.59. The molecule has 0 amide bonds. The molecule has 0 saturated carbocycles. The summed E-state index contributed by atoms with van der Waals surface area (Å²) < 4.78 is 0. The molecule has 0 radical (unpaired) electrons. The zero-order valence-electron chi connectivity index (χ0n) is 9.88. The Balaban J connectivity index is 2.28. The average molecular weight is 263 g/mol. The van der Waals surface area contributed by atoms with Crippen LogP contribution in [0.5, 0.6) is 0 Å². The third-order valence-electron chi connectivity index (χ3n) is 2.26. The van der Waals surface area contributed by atoms with Gasteiger partial charge in [0.2, 0.25) is 0 Å². The largest absolute Gasteiger partial charge is 0.476 e. The van der Waals surface area contributed by atoms with Gasteiger partial charge in [0, 0.05) is 6.20 Å². The summed E-state index contributed by atoms with van der Waals surface area (Å²) in [5.41, 5.74) is 0.832. The molecule has 0 aromatic carbocycles. The average Bonchev–Trinajstić information content (AvgIpc) is 2.74. The molecule has 2 N–H and O–H groups in total. The van der Waals surface area contributed by atoms with Crippen molar-refractivity contribution >= 4 is 28.0 Å². The van der Waals surface area contributed by atoms with Crippen molar-refractivity contribution in [2.24, 2.45) is 0 Å². The molecule has 0 atom stereocenters. The fraction of sp³-hybridized carbons (Fsp3) is 0.250. The summed E-state index contributed by atoms with van der Waals surface area (Å²) in [4.78, 5) is 19.2. The SMILES string of the molecule is CCCc1nc(C(=O)O)c(Nc2cccnc2)s1. The summed E-state index contributed by atoms with van der Waals surface area (Å²) in [7, 11) is 0. The molecule has 0 fully saturated rings. The maximum Gasteiger partial charge on any atom is 0.357 e. The number of carboxylic acids is 1. The highest BCUT2D eigenvalue weighted by Gasteiger charge is 2.17. The molecular weight excluding hydrogens is 250 g/mol. The number of carboxylic acid groups (broad SMARTS) is 1. The van der Waals surface area contributed by atoms with Crippen LogP contribution < -0.4 is 5.32 Å². The van der Waals surface area contributed by atoms with E-state index in [0.29, 0.717) is 5.00 Å². The molecule has 0 bridgehead atoms. The molecular formula is C12H13N3O2S. The van der Waals surface area contributed by atoms with E-state index < -0.39 is 5.97 Å². The molecule has 0 saturated heterocycles. The molecule has 2 aromatic rings. The fourth-order valence-electron chi connectivity index (χ4n) is 1.48. The van der Waals surface area contributed by atoms with Gasteiger partial charge in [0.1, 0.15) is 5.00 Å². The number of carbonyl (C=O) groups is 1. The number of pyridine rings is 1. The number of nitrogens with one attached hydrogen (secondary N) is 1. The predicted molar refractivity (Wildman–Crippen MR) is 70.6 cm³/mol. The van der Waals surface area contributed by atoms with Gasteiger partial charge in [-0.25, -0.2) is 9.78 Å². The minimum absolute atomic E-state index is 0.0762. The molecule has 94 valence electrons. The Hall–Kier alpha value is -1.95. The van der Waals surface area contributed by atoms with E-state index in [2.05, 4.69) is 15.3 Å². The summed E-state index contributed by atoms with van der Waals surface area (Å²) in [6.07, 6.45) is 5.04. The summed E-state index contributed by atoms with van der Waals surface area (Å²) >= 11 is 1.38. The molecule has 0 aliphatic heterocycles. The zero-order chi connectivity index (χ0) is 13.0. The fourth-order valence-corrected chi connectivity index (χ4v) is 2.56. The van der Waals surface area contributed by atoms with Gasteiger partial charge in [-0.3, -0.25) is 4.98 Å². The van der Waals surface area contributed by atoms with E-state index in [0.717, 1.165) is 23.5 Å². The number of aromatic carboxylic acids is 1. The van der Waals surface area contributed by atoms with E-state index in [4.69, 9.17) is 5.11 Å². The van der Waals surface area contributed by atoms with Crippen LogP contribution in [0, 0.1) is 0 Å². The smallest absolute Gasteiger partial charge is 0.357 e. The highest BCUT2D eigenvalue weighted by atomic mass is 32.1. The van der Waals surface area contributed by atoms with Crippen LogP contribution >= 0.6 is 11.3 Å². The zero-order valence-corrected chi connectivity index (χ0v) is 10.7. The first-order valence-electron chi connectivity index (χ1n) is 5.60. The number of aryl methyl sites for hydroxylation is 1. The molecule has 0 aliphatic rings. The maximum atomic E-state index is 11.1. The van der Waals surface area contributed by atoms with Gasteiger partial charge < -0.3 is 10.4 Å². The molecule has 18 heavy (non-hydrogen) atoms. The molecule has 0 spiro atoms. The van der Waals surface area contributed by atoms with E-state index in [1.807, 2.05) is 13.0 Å². The first-order valence-corrected chi connectivity index (χ1v) is 6.42. The van der Waals surface area contributed by atoms with Gasteiger partial charge >= 0.3 is 5.97 Å². The van der Waals surface area contributed by atoms with Crippen molar-refractivity contribution in [3.05, 3.63) is 35.2 Å². The van der Waals surface area contributed by atoms with Gasteiger partial charge in [0.05, 0.1) is 16.9 Å². The Morgan fingerprint density at radius 3 is 3.00 bits per heavy atom. The minimum atomic E-state index is -1.01. The Morgan fingerprint density at radius 2 is 2.39 bits per heavy atom. The molecule has 0 aliphatic carbocycles. The van der Waals surface area contributed by atoms with Crippen LogP contribution in [0.1, 0.15) is 28.8 Å². The summed E-state index contributed by atoms with van der Waals surface area (Å²) in [5, 5.41) is 13.5. The number of aromatic nitrogens is 2. The standard InChI is InChI=1S/C12H13N3O2S/c1-2-4-9-15-10(12(16)17)11(18-9)14-8-5-3-6-13-7-8/h3,5-7,14H,2,4H2,1H3,(H,16,17). The Morgan fingerprint density at radius 1 is 1.56 bits per heavy atom. The van der Waals surface area contributed by atoms with Crippen LogP contribution in [0.3, 0.4) is 0 Å². The second-order valence-corrected chi connectivity index (χ2v) is 4.79.